The smallest absolute Gasteiger partial charge is 0.127 e. The van der Waals surface area contributed by atoms with E-state index in [1.54, 1.807) is 0 Å². The third-order valence-electron chi connectivity index (χ3n) is 2.13. The largest absolute Gasteiger partial charge is 0.166 e. The van der Waals surface area contributed by atoms with Gasteiger partial charge >= 0.3 is 0 Å². The Bertz CT molecular complexity index is 210. The van der Waals surface area contributed by atoms with Crippen molar-refractivity contribution in [3.05, 3.63) is 35.9 Å². The van der Waals surface area contributed by atoms with Gasteiger partial charge in [-0.2, -0.15) is 11.8 Å². The molecule has 0 spiro atoms. The fourth-order valence-corrected chi connectivity index (χ4v) is 2.21. The fourth-order valence-electron chi connectivity index (χ4n) is 1.38. The Morgan fingerprint density at radius 3 is 2.50 bits per heavy atom. The average molecular weight is 178 g/mol. The number of hydrogen-bond donors (Lipinski definition) is 0. The van der Waals surface area contributed by atoms with Crippen LogP contribution in [-0.4, -0.2) is 19.3 Å². The molecule has 64 valence electrons. The highest BCUT2D eigenvalue weighted by Gasteiger charge is 2.07. The predicted molar refractivity (Wildman–Crippen MR) is 60.6 cm³/mol. The molecule has 0 N–H and O–H groups in total. The van der Waals surface area contributed by atoms with Crippen molar-refractivity contribution in [1.29, 1.82) is 0 Å². The summed E-state index contributed by atoms with van der Waals surface area (Å²) in [4.78, 5) is 0. The first-order valence-electron chi connectivity index (χ1n) is 4.42. The number of benzene rings is 1. The lowest BCUT2D eigenvalue weighted by molar-refractivity contribution is 1.08. The maximum atomic E-state index is 2.26. The topological polar surface area (TPSA) is 0 Å². The van der Waals surface area contributed by atoms with Gasteiger partial charge in [-0.05, 0) is 17.8 Å². The van der Waals surface area contributed by atoms with E-state index in [0.717, 1.165) is 5.82 Å². The van der Waals surface area contributed by atoms with Crippen molar-refractivity contribution < 1.29 is 0 Å². The summed E-state index contributed by atoms with van der Waals surface area (Å²) in [6.07, 6.45) is 2.17. The summed E-state index contributed by atoms with van der Waals surface area (Å²) in [6, 6.07) is 10.8. The molecule has 0 radical (unpaired) electrons. The molecule has 1 unspecified atom stereocenters. The van der Waals surface area contributed by atoms with Crippen LogP contribution in [0.2, 0.25) is 6.82 Å². The second-order valence-electron chi connectivity index (χ2n) is 2.97. The van der Waals surface area contributed by atoms with Gasteiger partial charge in [0.2, 0.25) is 0 Å². The summed E-state index contributed by atoms with van der Waals surface area (Å²) in [5.41, 5.74) is 1.48. The van der Waals surface area contributed by atoms with Crippen molar-refractivity contribution in [3.63, 3.8) is 0 Å². The zero-order chi connectivity index (χ0) is 8.81. The Morgan fingerprint density at radius 2 is 2.00 bits per heavy atom. The summed E-state index contributed by atoms with van der Waals surface area (Å²) in [7, 11) is 1.24. The Labute approximate surface area is 80.0 Å². The average Bonchev–Trinajstić information content (AvgIpc) is 2.15. The fraction of sp³-hybridized carbons (Fsp3) is 0.400. The predicted octanol–water partition coefficient (Wildman–Crippen LogP) is 2.58. The standard InChI is InChI=1S/C10H15BS/c1-11-10(8-12-2)9-6-4-3-5-7-9/h3-7,10-11H,8H2,1-2H3. The van der Waals surface area contributed by atoms with E-state index in [1.807, 2.05) is 11.8 Å². The normalized spacial score (nSPS) is 12.5. The molecule has 2 heteroatoms. The molecule has 1 aromatic rings. The number of hydrogen-bond acceptors (Lipinski definition) is 1. The van der Waals surface area contributed by atoms with E-state index < -0.39 is 0 Å². The number of rotatable bonds is 4. The van der Waals surface area contributed by atoms with Crippen LogP contribution in [0.4, 0.5) is 0 Å². The Morgan fingerprint density at radius 1 is 1.33 bits per heavy atom. The summed E-state index contributed by atoms with van der Waals surface area (Å²) >= 11 is 1.93. The Hall–Kier alpha value is -0.365. The molecule has 0 amide bonds. The highest BCUT2D eigenvalue weighted by molar-refractivity contribution is 7.98. The minimum atomic E-state index is 0.737. The van der Waals surface area contributed by atoms with E-state index >= 15 is 0 Å². The molecule has 1 atom stereocenters. The van der Waals surface area contributed by atoms with Gasteiger partial charge in [-0.3, -0.25) is 0 Å². The van der Waals surface area contributed by atoms with E-state index in [0.29, 0.717) is 0 Å². The van der Waals surface area contributed by atoms with Crippen molar-refractivity contribution in [1.82, 2.24) is 0 Å². The highest BCUT2D eigenvalue weighted by atomic mass is 32.2. The lowest BCUT2D eigenvalue weighted by Crippen LogP contribution is -2.07. The van der Waals surface area contributed by atoms with Gasteiger partial charge in [-0.25, -0.2) is 0 Å². The Balaban J connectivity index is 2.66. The van der Waals surface area contributed by atoms with Crippen LogP contribution >= 0.6 is 11.8 Å². The molecule has 0 saturated heterocycles. The maximum Gasteiger partial charge on any atom is 0.127 e. The second-order valence-corrected chi connectivity index (χ2v) is 3.88. The lowest BCUT2D eigenvalue weighted by Gasteiger charge is -2.12. The van der Waals surface area contributed by atoms with Gasteiger partial charge in [0.1, 0.15) is 7.28 Å². The lowest BCUT2D eigenvalue weighted by atomic mass is 9.65. The van der Waals surface area contributed by atoms with Crippen molar-refractivity contribution in [2.45, 2.75) is 12.6 Å². The van der Waals surface area contributed by atoms with E-state index in [4.69, 9.17) is 0 Å². The Kier molecular flexibility index (Phi) is 4.30. The van der Waals surface area contributed by atoms with Gasteiger partial charge in [-0.15, -0.1) is 0 Å². The molecule has 1 aromatic carbocycles. The first-order chi connectivity index (χ1) is 5.88. The molecule has 0 saturated carbocycles. The van der Waals surface area contributed by atoms with Crippen molar-refractivity contribution in [3.8, 4) is 0 Å². The SMILES string of the molecule is CBC(CSC)c1ccccc1. The summed E-state index contributed by atoms with van der Waals surface area (Å²) in [5, 5.41) is 0. The van der Waals surface area contributed by atoms with Crippen LogP contribution in [-0.2, 0) is 0 Å². The summed E-state index contributed by atoms with van der Waals surface area (Å²) in [5.74, 6) is 1.97. The van der Waals surface area contributed by atoms with Gasteiger partial charge < -0.3 is 0 Å². The van der Waals surface area contributed by atoms with Crippen LogP contribution in [0.25, 0.3) is 0 Å². The van der Waals surface area contributed by atoms with E-state index in [-0.39, 0.29) is 0 Å². The van der Waals surface area contributed by atoms with Gasteiger partial charge in [0.05, 0.1) is 0 Å². The van der Waals surface area contributed by atoms with Crippen LogP contribution in [0.3, 0.4) is 0 Å². The molecular formula is C10H15BS. The van der Waals surface area contributed by atoms with Gasteiger partial charge in [0.15, 0.2) is 0 Å². The van der Waals surface area contributed by atoms with Gasteiger partial charge in [-0.1, -0.05) is 42.7 Å². The molecule has 0 bridgehead atoms. The van der Waals surface area contributed by atoms with Gasteiger partial charge in [0.25, 0.3) is 0 Å². The van der Waals surface area contributed by atoms with Gasteiger partial charge in [0, 0.05) is 0 Å². The van der Waals surface area contributed by atoms with Crippen molar-refractivity contribution in [2.24, 2.45) is 0 Å². The van der Waals surface area contributed by atoms with Crippen LogP contribution in [0, 0.1) is 0 Å². The summed E-state index contributed by atoms with van der Waals surface area (Å²) in [6.45, 7) is 2.26. The highest BCUT2D eigenvalue weighted by Crippen LogP contribution is 2.17. The molecule has 0 aromatic heterocycles. The molecule has 0 heterocycles. The zero-order valence-electron chi connectivity index (χ0n) is 7.79. The van der Waals surface area contributed by atoms with E-state index in [2.05, 4.69) is 43.4 Å². The third-order valence-corrected chi connectivity index (χ3v) is 2.87. The third kappa shape index (κ3) is 2.60. The van der Waals surface area contributed by atoms with Crippen LogP contribution in [0.5, 0.6) is 0 Å². The van der Waals surface area contributed by atoms with Crippen molar-refractivity contribution >= 4 is 19.0 Å². The first-order valence-corrected chi connectivity index (χ1v) is 5.81. The molecule has 0 nitrogen and oxygen atoms in total. The van der Waals surface area contributed by atoms with E-state index in [1.165, 1.54) is 18.6 Å². The zero-order valence-corrected chi connectivity index (χ0v) is 8.60. The molecule has 0 aliphatic rings. The molecule has 0 aliphatic heterocycles. The second kappa shape index (κ2) is 5.31. The summed E-state index contributed by atoms with van der Waals surface area (Å²) < 4.78 is 0. The quantitative estimate of drug-likeness (QED) is 0.638. The number of thioether (sulfide) groups is 1. The molecule has 12 heavy (non-hydrogen) atoms. The van der Waals surface area contributed by atoms with Crippen molar-refractivity contribution in [2.75, 3.05) is 12.0 Å². The molecule has 0 aliphatic carbocycles. The van der Waals surface area contributed by atoms with Crippen LogP contribution in [0.1, 0.15) is 11.4 Å². The molecular weight excluding hydrogens is 163 g/mol. The monoisotopic (exact) mass is 178 g/mol. The van der Waals surface area contributed by atoms with E-state index in [9.17, 15) is 0 Å². The first kappa shape index (κ1) is 9.72. The minimum Gasteiger partial charge on any atom is -0.166 e. The minimum absolute atomic E-state index is 0.737. The maximum absolute atomic E-state index is 2.26. The molecule has 1 rings (SSSR count). The van der Waals surface area contributed by atoms with Crippen LogP contribution in [0.15, 0.2) is 30.3 Å². The molecule has 0 fully saturated rings. The van der Waals surface area contributed by atoms with Crippen LogP contribution < -0.4 is 0 Å².